The summed E-state index contributed by atoms with van der Waals surface area (Å²) in [5, 5.41) is 2.29. The maximum absolute atomic E-state index is 12.4. The lowest BCUT2D eigenvalue weighted by Crippen LogP contribution is -2.35. The van der Waals surface area contributed by atoms with Crippen molar-refractivity contribution < 1.29 is 4.79 Å². The molecule has 0 saturated carbocycles. The van der Waals surface area contributed by atoms with Gasteiger partial charge in [0.1, 0.15) is 12.3 Å². The number of hydrogen-bond donors (Lipinski definition) is 0. The van der Waals surface area contributed by atoms with Gasteiger partial charge in [-0.15, -0.1) is 0 Å². The van der Waals surface area contributed by atoms with E-state index < -0.39 is 6.04 Å². The van der Waals surface area contributed by atoms with E-state index in [4.69, 9.17) is 0 Å². The fourth-order valence-electron chi connectivity index (χ4n) is 4.03. The standard InChI is InChI=1S/C27H20N2O/c30-19-27-25(24-14-8-10-20-9-4-5-13-23(20)24)17-21(26-15-6-7-16-28-26)18-29(27)22-11-2-1-3-12-22/h1-19,27H. The molecule has 3 aromatic carbocycles. The molecule has 1 aliphatic heterocycles. The first-order chi connectivity index (χ1) is 14.8. The number of aromatic nitrogens is 1. The Balaban J connectivity index is 1.74. The number of rotatable bonds is 4. The van der Waals surface area contributed by atoms with Gasteiger partial charge in [-0.2, -0.15) is 0 Å². The van der Waals surface area contributed by atoms with Crippen LogP contribution in [0.25, 0.3) is 21.9 Å². The molecule has 144 valence electrons. The van der Waals surface area contributed by atoms with Crippen molar-refractivity contribution in [3.05, 3.63) is 121 Å². The van der Waals surface area contributed by atoms with Crippen LogP contribution < -0.4 is 4.90 Å². The molecular formula is C27H20N2O. The van der Waals surface area contributed by atoms with Crippen LogP contribution in [0.1, 0.15) is 11.3 Å². The first-order valence-electron chi connectivity index (χ1n) is 9.97. The second kappa shape index (κ2) is 7.80. The van der Waals surface area contributed by atoms with Crippen molar-refractivity contribution >= 4 is 33.9 Å². The minimum absolute atomic E-state index is 0.425. The Morgan fingerprint density at radius 2 is 1.57 bits per heavy atom. The number of carbonyl (C=O) groups is 1. The summed E-state index contributed by atoms with van der Waals surface area (Å²) in [5.74, 6) is 0. The second-order valence-electron chi connectivity index (χ2n) is 7.25. The maximum Gasteiger partial charge on any atom is 0.147 e. The van der Waals surface area contributed by atoms with E-state index in [0.717, 1.165) is 45.1 Å². The summed E-state index contributed by atoms with van der Waals surface area (Å²) >= 11 is 0. The van der Waals surface area contributed by atoms with Gasteiger partial charge in [0.05, 0.1) is 5.69 Å². The molecule has 3 nitrogen and oxygen atoms in total. The SMILES string of the molecule is O=CC1C(c2cccc3ccccc23)=CC(c2ccccn2)=CN1c1ccccc1. The number of carbonyl (C=O) groups excluding carboxylic acids is 1. The number of allylic oxidation sites excluding steroid dienone is 2. The number of benzene rings is 3. The topological polar surface area (TPSA) is 33.2 Å². The molecule has 0 fully saturated rings. The van der Waals surface area contributed by atoms with E-state index in [2.05, 4.69) is 35.3 Å². The molecule has 0 spiro atoms. The van der Waals surface area contributed by atoms with Crippen LogP contribution >= 0.6 is 0 Å². The molecule has 0 aliphatic carbocycles. The maximum atomic E-state index is 12.4. The van der Waals surface area contributed by atoms with Crippen LogP contribution in [0.15, 0.2) is 109 Å². The van der Waals surface area contributed by atoms with Gasteiger partial charge in [0.2, 0.25) is 0 Å². The normalized spacial score (nSPS) is 16.1. The molecule has 1 aliphatic rings. The van der Waals surface area contributed by atoms with Crippen LogP contribution in [0, 0.1) is 0 Å². The van der Waals surface area contributed by atoms with E-state index in [1.807, 2.05) is 77.8 Å². The molecule has 1 aromatic heterocycles. The van der Waals surface area contributed by atoms with E-state index in [9.17, 15) is 4.79 Å². The zero-order valence-corrected chi connectivity index (χ0v) is 16.3. The smallest absolute Gasteiger partial charge is 0.147 e. The van der Waals surface area contributed by atoms with E-state index >= 15 is 0 Å². The minimum Gasteiger partial charge on any atom is -0.333 e. The van der Waals surface area contributed by atoms with Crippen LogP contribution in [0.5, 0.6) is 0 Å². The molecule has 1 unspecified atom stereocenters. The quantitative estimate of drug-likeness (QED) is 0.418. The number of pyridine rings is 1. The fourth-order valence-corrected chi connectivity index (χ4v) is 4.03. The summed E-state index contributed by atoms with van der Waals surface area (Å²) < 4.78 is 0. The van der Waals surface area contributed by atoms with Gasteiger partial charge in [-0.05, 0) is 52.3 Å². The van der Waals surface area contributed by atoms with Gasteiger partial charge >= 0.3 is 0 Å². The first kappa shape index (κ1) is 18.1. The molecule has 0 radical (unpaired) electrons. The minimum atomic E-state index is -0.425. The largest absolute Gasteiger partial charge is 0.333 e. The highest BCUT2D eigenvalue weighted by Gasteiger charge is 2.28. The lowest BCUT2D eigenvalue weighted by molar-refractivity contribution is -0.107. The Labute approximate surface area is 175 Å². The molecule has 5 rings (SSSR count). The molecule has 3 heteroatoms. The molecule has 2 heterocycles. The van der Waals surface area contributed by atoms with Crippen molar-refractivity contribution in [2.24, 2.45) is 0 Å². The van der Waals surface area contributed by atoms with Crippen LogP contribution in [0.4, 0.5) is 5.69 Å². The van der Waals surface area contributed by atoms with E-state index in [1.165, 1.54) is 0 Å². The monoisotopic (exact) mass is 388 g/mol. The number of nitrogens with zero attached hydrogens (tertiary/aromatic N) is 2. The number of aldehydes is 1. The summed E-state index contributed by atoms with van der Waals surface area (Å²) in [5.41, 5.74) is 4.84. The molecule has 4 aromatic rings. The summed E-state index contributed by atoms with van der Waals surface area (Å²) in [4.78, 5) is 19.0. The first-order valence-corrected chi connectivity index (χ1v) is 9.97. The summed E-state index contributed by atoms with van der Waals surface area (Å²) in [7, 11) is 0. The van der Waals surface area contributed by atoms with Crippen molar-refractivity contribution in [1.29, 1.82) is 0 Å². The fraction of sp³-hybridized carbons (Fsp3) is 0.0370. The molecule has 30 heavy (non-hydrogen) atoms. The number of anilines is 1. The van der Waals surface area contributed by atoms with Crippen molar-refractivity contribution in [3.63, 3.8) is 0 Å². The van der Waals surface area contributed by atoms with E-state index in [0.29, 0.717) is 0 Å². The van der Waals surface area contributed by atoms with Gasteiger partial charge in [-0.3, -0.25) is 4.98 Å². The summed E-state index contributed by atoms with van der Waals surface area (Å²) in [6.45, 7) is 0. The van der Waals surface area contributed by atoms with Gasteiger partial charge in [-0.1, -0.05) is 66.7 Å². The van der Waals surface area contributed by atoms with Crippen LogP contribution in [0.3, 0.4) is 0 Å². The third-order valence-electron chi connectivity index (χ3n) is 5.45. The van der Waals surface area contributed by atoms with Crippen molar-refractivity contribution in [1.82, 2.24) is 4.98 Å². The third kappa shape index (κ3) is 3.20. The third-order valence-corrected chi connectivity index (χ3v) is 5.45. The molecule has 1 atom stereocenters. The lowest BCUT2D eigenvalue weighted by Gasteiger charge is -2.33. The predicted molar refractivity (Wildman–Crippen MR) is 123 cm³/mol. The van der Waals surface area contributed by atoms with Crippen LogP contribution in [-0.4, -0.2) is 17.3 Å². The Morgan fingerprint density at radius 1 is 0.800 bits per heavy atom. The summed E-state index contributed by atoms with van der Waals surface area (Å²) in [6, 6.07) is 30.0. The number of para-hydroxylation sites is 1. The molecule has 0 bridgehead atoms. The highest BCUT2D eigenvalue weighted by atomic mass is 16.1. The van der Waals surface area contributed by atoms with Crippen LogP contribution in [-0.2, 0) is 4.79 Å². The van der Waals surface area contributed by atoms with Crippen molar-refractivity contribution in [3.8, 4) is 0 Å². The van der Waals surface area contributed by atoms with Gasteiger partial charge < -0.3 is 9.69 Å². The second-order valence-corrected chi connectivity index (χ2v) is 7.25. The van der Waals surface area contributed by atoms with Gasteiger partial charge in [0, 0.05) is 23.7 Å². The van der Waals surface area contributed by atoms with E-state index in [-0.39, 0.29) is 0 Å². The predicted octanol–water partition coefficient (Wildman–Crippen LogP) is 5.75. The summed E-state index contributed by atoms with van der Waals surface area (Å²) in [6.07, 6.45) is 6.93. The molecule has 0 amide bonds. The zero-order valence-electron chi connectivity index (χ0n) is 16.3. The Morgan fingerprint density at radius 3 is 2.37 bits per heavy atom. The Hall–Kier alpha value is -3.98. The van der Waals surface area contributed by atoms with Crippen molar-refractivity contribution in [2.75, 3.05) is 4.90 Å². The molecule has 0 saturated heterocycles. The average molecular weight is 388 g/mol. The van der Waals surface area contributed by atoms with Gasteiger partial charge in [0.15, 0.2) is 0 Å². The van der Waals surface area contributed by atoms with Crippen molar-refractivity contribution in [2.45, 2.75) is 6.04 Å². The highest BCUT2D eigenvalue weighted by molar-refractivity contribution is 6.04. The number of fused-ring (bicyclic) bond motifs is 1. The van der Waals surface area contributed by atoms with E-state index in [1.54, 1.807) is 6.20 Å². The van der Waals surface area contributed by atoms with Gasteiger partial charge in [0.25, 0.3) is 0 Å². The Bertz CT molecular complexity index is 1250. The van der Waals surface area contributed by atoms with Gasteiger partial charge in [-0.25, -0.2) is 0 Å². The zero-order chi connectivity index (χ0) is 20.3. The number of hydrogen-bond acceptors (Lipinski definition) is 3. The molecule has 0 N–H and O–H groups in total. The lowest BCUT2D eigenvalue weighted by atomic mass is 9.89. The van der Waals surface area contributed by atoms with Crippen LogP contribution in [0.2, 0.25) is 0 Å². The average Bonchev–Trinajstić information content (AvgIpc) is 2.84. The highest BCUT2D eigenvalue weighted by Crippen LogP contribution is 2.37. The molecular weight excluding hydrogens is 368 g/mol. The Kier molecular flexibility index (Phi) is 4.70.